The second-order valence-electron chi connectivity index (χ2n) is 4.15. The summed E-state index contributed by atoms with van der Waals surface area (Å²) in [5.74, 6) is -1.33. The predicted molar refractivity (Wildman–Crippen MR) is 74.8 cm³/mol. The van der Waals surface area contributed by atoms with Gasteiger partial charge in [0.2, 0.25) is 10.0 Å². The second kappa shape index (κ2) is 6.37. The molecule has 0 fully saturated rings. The summed E-state index contributed by atoms with van der Waals surface area (Å²) in [4.78, 5) is 20.5. The van der Waals surface area contributed by atoms with Crippen molar-refractivity contribution in [3.8, 4) is 0 Å². The van der Waals surface area contributed by atoms with Crippen LogP contribution in [0.25, 0.3) is 0 Å². The molecule has 0 saturated heterocycles. The third-order valence-corrected chi connectivity index (χ3v) is 5.03. The fraction of sp³-hybridized carbons (Fsp3) is 0.364. The number of carboxylic acid groups (broad SMARTS) is 1. The maximum Gasteiger partial charge on any atom is 0.321 e. The molecule has 1 N–H and O–H groups in total. The zero-order valence-corrected chi connectivity index (χ0v) is 12.8. The molecule has 0 bridgehead atoms. The number of rotatable bonds is 6. The molecule has 0 spiro atoms. The Kier molecular flexibility index (Phi) is 5.26. The van der Waals surface area contributed by atoms with Crippen LogP contribution in [-0.2, 0) is 14.8 Å². The van der Waals surface area contributed by atoms with Crippen LogP contribution in [0.15, 0.2) is 23.1 Å². The number of carbonyl (C=O) groups is 1. The smallest absolute Gasteiger partial charge is 0.321 e. The summed E-state index contributed by atoms with van der Waals surface area (Å²) >= 11 is 5.62. The van der Waals surface area contributed by atoms with Gasteiger partial charge in [0.1, 0.15) is 6.04 Å². The Bertz CT molecular complexity index is 675. The number of likely N-dealkylation sites (N-methyl/N-ethyl adjacent to an activating group) is 1. The molecule has 1 rings (SSSR count). The van der Waals surface area contributed by atoms with Crippen LogP contribution in [0.3, 0.4) is 0 Å². The highest BCUT2D eigenvalue weighted by atomic mass is 35.5. The number of nitrogens with zero attached hydrogens (tertiary/aromatic N) is 2. The Morgan fingerprint density at radius 3 is 2.52 bits per heavy atom. The number of aliphatic carboxylic acids is 1. The number of nitro benzene ring substituents is 1. The first-order chi connectivity index (χ1) is 9.62. The topological polar surface area (TPSA) is 118 Å². The number of halogens is 1. The lowest BCUT2D eigenvalue weighted by Gasteiger charge is -2.23. The highest BCUT2D eigenvalue weighted by Crippen LogP contribution is 2.30. The number of hydrogen-bond donors (Lipinski definition) is 1. The number of carboxylic acids is 1. The maximum atomic E-state index is 12.4. The first-order valence-electron chi connectivity index (χ1n) is 5.77. The molecule has 0 aliphatic rings. The molecule has 1 aromatic rings. The average molecular weight is 337 g/mol. The van der Waals surface area contributed by atoms with Crippen molar-refractivity contribution >= 4 is 33.3 Å². The molecule has 0 radical (unpaired) electrons. The van der Waals surface area contributed by atoms with Crippen molar-refractivity contribution in [3.63, 3.8) is 0 Å². The monoisotopic (exact) mass is 336 g/mol. The molecular weight excluding hydrogens is 324 g/mol. The number of hydrogen-bond acceptors (Lipinski definition) is 5. The fourth-order valence-corrected chi connectivity index (χ4v) is 3.45. The molecule has 1 atom stereocenters. The van der Waals surface area contributed by atoms with Gasteiger partial charge in [-0.3, -0.25) is 14.9 Å². The fourth-order valence-electron chi connectivity index (χ4n) is 1.76. The molecule has 8 nitrogen and oxygen atoms in total. The normalized spacial score (nSPS) is 13.1. The van der Waals surface area contributed by atoms with E-state index < -0.39 is 37.5 Å². The van der Waals surface area contributed by atoms with Crippen molar-refractivity contribution in [1.82, 2.24) is 4.31 Å². The van der Waals surface area contributed by atoms with Crippen molar-refractivity contribution < 1.29 is 23.2 Å². The van der Waals surface area contributed by atoms with Crippen LogP contribution in [0.5, 0.6) is 0 Å². The summed E-state index contributed by atoms with van der Waals surface area (Å²) in [6.45, 7) is 1.50. The molecule has 0 heterocycles. The Labute approximate surface area is 126 Å². The molecule has 1 aromatic carbocycles. The second-order valence-corrected chi connectivity index (χ2v) is 6.56. The Balaban J connectivity index is 3.44. The summed E-state index contributed by atoms with van der Waals surface area (Å²) < 4.78 is 25.4. The third kappa shape index (κ3) is 3.49. The SMILES string of the molecule is CCC(C(=O)O)N(C)S(=O)(=O)c1ccc(Cl)cc1[N+](=O)[O-]. The van der Waals surface area contributed by atoms with Gasteiger partial charge in [-0.25, -0.2) is 8.42 Å². The first-order valence-corrected chi connectivity index (χ1v) is 7.59. The van der Waals surface area contributed by atoms with E-state index in [2.05, 4.69) is 0 Å². The Morgan fingerprint density at radius 1 is 1.52 bits per heavy atom. The Morgan fingerprint density at radius 2 is 2.10 bits per heavy atom. The zero-order valence-electron chi connectivity index (χ0n) is 11.2. The van der Waals surface area contributed by atoms with Crippen LogP contribution in [0.2, 0.25) is 5.02 Å². The molecule has 0 aromatic heterocycles. The summed E-state index contributed by atoms with van der Waals surface area (Å²) in [6, 6.07) is 1.77. The first kappa shape index (κ1) is 17.3. The van der Waals surface area contributed by atoms with Crippen molar-refractivity contribution in [3.05, 3.63) is 33.3 Å². The third-order valence-electron chi connectivity index (χ3n) is 2.89. The minimum Gasteiger partial charge on any atom is -0.480 e. The maximum absolute atomic E-state index is 12.4. The predicted octanol–water partition coefficient (Wildman–Crippen LogP) is 1.73. The summed E-state index contributed by atoms with van der Waals surface area (Å²) in [7, 11) is -3.27. The van der Waals surface area contributed by atoms with E-state index in [1.807, 2.05) is 0 Å². The molecule has 1 unspecified atom stereocenters. The minimum atomic E-state index is -4.34. The minimum absolute atomic E-state index is 0.00794. The molecule has 21 heavy (non-hydrogen) atoms. The molecule has 0 saturated carbocycles. The molecule has 0 amide bonds. The molecule has 0 aliphatic heterocycles. The zero-order chi connectivity index (χ0) is 16.4. The van der Waals surface area contributed by atoms with E-state index >= 15 is 0 Å². The van der Waals surface area contributed by atoms with Gasteiger partial charge in [-0.05, 0) is 18.6 Å². The van der Waals surface area contributed by atoms with Gasteiger partial charge in [-0.2, -0.15) is 4.31 Å². The van der Waals surface area contributed by atoms with E-state index in [-0.39, 0.29) is 11.4 Å². The van der Waals surface area contributed by atoms with Crippen LogP contribution < -0.4 is 0 Å². The molecular formula is C11H13ClN2O6S. The van der Waals surface area contributed by atoms with Crippen LogP contribution in [0, 0.1) is 10.1 Å². The van der Waals surface area contributed by atoms with E-state index in [1.54, 1.807) is 0 Å². The van der Waals surface area contributed by atoms with Gasteiger partial charge in [0.15, 0.2) is 4.90 Å². The summed E-state index contributed by atoms with van der Waals surface area (Å²) in [5, 5.41) is 20.0. The molecule has 116 valence electrons. The summed E-state index contributed by atoms with van der Waals surface area (Å²) in [5.41, 5.74) is -0.699. The van der Waals surface area contributed by atoms with Crippen molar-refractivity contribution in [2.45, 2.75) is 24.3 Å². The van der Waals surface area contributed by atoms with Gasteiger partial charge in [-0.15, -0.1) is 0 Å². The van der Waals surface area contributed by atoms with E-state index in [1.165, 1.54) is 13.0 Å². The van der Waals surface area contributed by atoms with Gasteiger partial charge < -0.3 is 5.11 Å². The van der Waals surface area contributed by atoms with Crippen LogP contribution in [0.4, 0.5) is 5.69 Å². The van der Waals surface area contributed by atoms with Crippen molar-refractivity contribution in [2.75, 3.05) is 7.05 Å². The highest BCUT2D eigenvalue weighted by molar-refractivity contribution is 7.89. The molecule has 0 aliphatic carbocycles. The summed E-state index contributed by atoms with van der Waals surface area (Å²) in [6.07, 6.45) is 0.0203. The number of sulfonamides is 1. The standard InChI is InChI=1S/C11H13ClN2O6S/c1-3-8(11(15)16)13(2)21(19,20)10-5-4-7(12)6-9(10)14(17)18/h4-6,8H,3H2,1-2H3,(H,15,16). The lowest BCUT2D eigenvalue weighted by molar-refractivity contribution is -0.387. The number of benzene rings is 1. The van der Waals surface area contributed by atoms with Crippen LogP contribution >= 0.6 is 11.6 Å². The Hall–Kier alpha value is -1.71. The van der Waals surface area contributed by atoms with E-state index in [0.29, 0.717) is 4.31 Å². The lowest BCUT2D eigenvalue weighted by atomic mass is 10.2. The van der Waals surface area contributed by atoms with Crippen molar-refractivity contribution in [2.24, 2.45) is 0 Å². The highest BCUT2D eigenvalue weighted by Gasteiger charge is 2.35. The van der Waals surface area contributed by atoms with Gasteiger partial charge >= 0.3 is 5.97 Å². The van der Waals surface area contributed by atoms with E-state index in [0.717, 1.165) is 19.2 Å². The van der Waals surface area contributed by atoms with Crippen molar-refractivity contribution in [1.29, 1.82) is 0 Å². The quantitative estimate of drug-likeness (QED) is 0.624. The van der Waals surface area contributed by atoms with Gasteiger partial charge in [0.25, 0.3) is 5.69 Å². The number of nitro groups is 1. The van der Waals surface area contributed by atoms with Crippen LogP contribution in [0.1, 0.15) is 13.3 Å². The van der Waals surface area contributed by atoms with Gasteiger partial charge in [0.05, 0.1) is 4.92 Å². The van der Waals surface area contributed by atoms with Crippen LogP contribution in [-0.4, -0.2) is 41.8 Å². The van der Waals surface area contributed by atoms with E-state index in [9.17, 15) is 23.3 Å². The largest absolute Gasteiger partial charge is 0.480 e. The van der Waals surface area contributed by atoms with E-state index in [4.69, 9.17) is 16.7 Å². The lowest BCUT2D eigenvalue weighted by Crippen LogP contribution is -2.42. The average Bonchev–Trinajstić information content (AvgIpc) is 2.38. The van der Waals surface area contributed by atoms with Gasteiger partial charge in [0, 0.05) is 18.1 Å². The molecule has 10 heteroatoms. The van der Waals surface area contributed by atoms with Gasteiger partial charge in [-0.1, -0.05) is 18.5 Å².